The van der Waals surface area contributed by atoms with Gasteiger partial charge in [0.1, 0.15) is 5.75 Å². The maximum Gasteiger partial charge on any atom is 0.116 e. The lowest BCUT2D eigenvalue weighted by Gasteiger charge is -2.31. The van der Waals surface area contributed by atoms with Gasteiger partial charge in [0.2, 0.25) is 0 Å². The highest BCUT2D eigenvalue weighted by molar-refractivity contribution is 5.62. The number of nitrogens with zero attached hydrogens (tertiary/aromatic N) is 1. The Bertz CT molecular complexity index is 390. The first-order chi connectivity index (χ1) is 8.13. The number of hydrogen-bond donors (Lipinski definition) is 2. The molecule has 0 saturated heterocycles. The van der Waals surface area contributed by atoms with Gasteiger partial charge in [-0.3, -0.25) is 0 Å². The van der Waals surface area contributed by atoms with Crippen molar-refractivity contribution in [3.05, 3.63) is 23.8 Å². The summed E-state index contributed by atoms with van der Waals surface area (Å²) in [6.07, 6.45) is 2.19. The Morgan fingerprint density at radius 1 is 1.47 bits per heavy atom. The van der Waals surface area contributed by atoms with E-state index in [4.69, 9.17) is 0 Å². The Kier molecular flexibility index (Phi) is 3.57. The molecule has 0 saturated carbocycles. The van der Waals surface area contributed by atoms with Crippen LogP contribution in [0, 0.1) is 0 Å². The van der Waals surface area contributed by atoms with E-state index in [1.165, 1.54) is 11.3 Å². The van der Waals surface area contributed by atoms with Crippen LogP contribution in [-0.2, 0) is 6.42 Å². The third-order valence-corrected chi connectivity index (χ3v) is 3.47. The van der Waals surface area contributed by atoms with Crippen LogP contribution in [0.15, 0.2) is 18.2 Å². The van der Waals surface area contributed by atoms with E-state index in [0.29, 0.717) is 17.8 Å². The number of benzene rings is 1. The molecule has 94 valence electrons. The minimum atomic E-state index is 0.377. The molecule has 0 aliphatic carbocycles. The summed E-state index contributed by atoms with van der Waals surface area (Å²) in [6.45, 7) is 5.50. The van der Waals surface area contributed by atoms with Crippen molar-refractivity contribution in [1.82, 2.24) is 5.32 Å². The van der Waals surface area contributed by atoms with Gasteiger partial charge < -0.3 is 15.3 Å². The molecule has 1 aromatic rings. The Hall–Kier alpha value is -1.22. The fraction of sp³-hybridized carbons (Fsp3) is 0.571. The highest BCUT2D eigenvalue weighted by atomic mass is 16.3. The summed E-state index contributed by atoms with van der Waals surface area (Å²) in [5.74, 6) is 0.377. The molecule has 1 aliphatic heterocycles. The standard InChI is InChI=1S/C14H22N2O/c1-10(2)16-12(6-7-15-3)8-11-9-13(17)4-5-14(11)16/h4-5,9-10,12,15,17H,6-8H2,1-3H3. The minimum Gasteiger partial charge on any atom is -0.508 e. The van der Waals surface area contributed by atoms with Gasteiger partial charge in [0.15, 0.2) is 0 Å². The van der Waals surface area contributed by atoms with Crippen molar-refractivity contribution in [1.29, 1.82) is 0 Å². The summed E-state index contributed by atoms with van der Waals surface area (Å²) >= 11 is 0. The molecular formula is C14H22N2O. The van der Waals surface area contributed by atoms with Gasteiger partial charge in [-0.15, -0.1) is 0 Å². The van der Waals surface area contributed by atoms with E-state index in [1.807, 2.05) is 19.2 Å². The molecule has 3 nitrogen and oxygen atoms in total. The Morgan fingerprint density at radius 3 is 2.88 bits per heavy atom. The van der Waals surface area contributed by atoms with Crippen LogP contribution in [0.2, 0.25) is 0 Å². The van der Waals surface area contributed by atoms with Gasteiger partial charge in [-0.2, -0.15) is 0 Å². The van der Waals surface area contributed by atoms with E-state index >= 15 is 0 Å². The van der Waals surface area contributed by atoms with Crippen molar-refractivity contribution in [2.75, 3.05) is 18.5 Å². The van der Waals surface area contributed by atoms with Crippen molar-refractivity contribution in [2.45, 2.75) is 38.8 Å². The molecule has 0 radical (unpaired) electrons. The van der Waals surface area contributed by atoms with Crippen LogP contribution in [0.1, 0.15) is 25.8 Å². The molecule has 0 aromatic heterocycles. The Morgan fingerprint density at radius 2 is 2.24 bits per heavy atom. The average Bonchev–Trinajstić information content (AvgIpc) is 2.63. The number of phenolic OH excluding ortho intramolecular Hbond substituents is 1. The summed E-state index contributed by atoms with van der Waals surface area (Å²) in [5, 5.41) is 12.8. The van der Waals surface area contributed by atoms with E-state index < -0.39 is 0 Å². The second kappa shape index (κ2) is 4.96. The first-order valence-corrected chi connectivity index (χ1v) is 6.38. The first-order valence-electron chi connectivity index (χ1n) is 6.38. The second-order valence-corrected chi connectivity index (χ2v) is 5.06. The van der Waals surface area contributed by atoms with E-state index in [-0.39, 0.29) is 0 Å². The molecule has 17 heavy (non-hydrogen) atoms. The van der Waals surface area contributed by atoms with E-state index in [0.717, 1.165) is 19.4 Å². The van der Waals surface area contributed by atoms with E-state index in [2.05, 4.69) is 24.1 Å². The molecule has 0 fully saturated rings. The van der Waals surface area contributed by atoms with Crippen molar-refractivity contribution < 1.29 is 5.11 Å². The van der Waals surface area contributed by atoms with Crippen LogP contribution in [-0.4, -0.2) is 30.8 Å². The predicted octanol–water partition coefficient (Wildman–Crippen LogP) is 2.14. The molecule has 2 rings (SSSR count). The lowest BCUT2D eigenvalue weighted by atomic mass is 10.1. The lowest BCUT2D eigenvalue weighted by molar-refractivity contribution is 0.474. The largest absolute Gasteiger partial charge is 0.508 e. The number of aromatic hydroxyl groups is 1. The topological polar surface area (TPSA) is 35.5 Å². The van der Waals surface area contributed by atoms with Crippen LogP contribution in [0.4, 0.5) is 5.69 Å². The fourth-order valence-electron chi connectivity index (χ4n) is 2.79. The summed E-state index contributed by atoms with van der Waals surface area (Å²) < 4.78 is 0. The number of nitrogens with one attached hydrogen (secondary N) is 1. The van der Waals surface area contributed by atoms with E-state index in [9.17, 15) is 5.11 Å². The van der Waals surface area contributed by atoms with Crippen LogP contribution in [0.25, 0.3) is 0 Å². The SMILES string of the molecule is CNCCC1Cc2cc(O)ccc2N1C(C)C. The lowest BCUT2D eigenvalue weighted by Crippen LogP contribution is -2.39. The number of hydrogen-bond acceptors (Lipinski definition) is 3. The van der Waals surface area contributed by atoms with Gasteiger partial charge >= 0.3 is 0 Å². The molecule has 0 bridgehead atoms. The number of anilines is 1. The molecule has 1 heterocycles. The van der Waals surface area contributed by atoms with Gasteiger partial charge in [0, 0.05) is 17.8 Å². The van der Waals surface area contributed by atoms with Gasteiger partial charge in [-0.05, 0) is 64.0 Å². The molecule has 1 aliphatic rings. The number of phenols is 1. The average molecular weight is 234 g/mol. The monoisotopic (exact) mass is 234 g/mol. The normalized spacial score (nSPS) is 18.8. The predicted molar refractivity (Wildman–Crippen MR) is 71.8 cm³/mol. The third-order valence-electron chi connectivity index (χ3n) is 3.47. The Labute approximate surface area is 103 Å². The molecule has 2 N–H and O–H groups in total. The molecule has 0 spiro atoms. The highest BCUT2D eigenvalue weighted by Crippen LogP contribution is 2.36. The first kappa shape index (κ1) is 12.2. The molecule has 1 aromatic carbocycles. The van der Waals surface area contributed by atoms with Crippen LogP contribution in [0.5, 0.6) is 5.75 Å². The zero-order valence-electron chi connectivity index (χ0n) is 10.9. The van der Waals surface area contributed by atoms with Crippen LogP contribution in [0.3, 0.4) is 0 Å². The molecular weight excluding hydrogens is 212 g/mol. The summed E-state index contributed by atoms with van der Waals surface area (Å²) in [7, 11) is 1.99. The van der Waals surface area contributed by atoms with Gasteiger partial charge in [0.25, 0.3) is 0 Å². The quantitative estimate of drug-likeness (QED) is 0.838. The zero-order chi connectivity index (χ0) is 12.4. The third kappa shape index (κ3) is 2.39. The summed E-state index contributed by atoms with van der Waals surface area (Å²) in [6, 6.07) is 6.80. The van der Waals surface area contributed by atoms with Gasteiger partial charge in [0.05, 0.1) is 0 Å². The summed E-state index contributed by atoms with van der Waals surface area (Å²) in [5.41, 5.74) is 2.57. The maximum atomic E-state index is 9.55. The molecule has 3 heteroatoms. The van der Waals surface area contributed by atoms with Crippen molar-refractivity contribution in [3.8, 4) is 5.75 Å². The van der Waals surface area contributed by atoms with Crippen LogP contribution < -0.4 is 10.2 Å². The molecule has 1 unspecified atom stereocenters. The zero-order valence-corrected chi connectivity index (χ0v) is 10.9. The molecule has 1 atom stereocenters. The number of fused-ring (bicyclic) bond motifs is 1. The van der Waals surface area contributed by atoms with Crippen LogP contribution >= 0.6 is 0 Å². The van der Waals surface area contributed by atoms with E-state index in [1.54, 1.807) is 6.07 Å². The smallest absolute Gasteiger partial charge is 0.116 e. The maximum absolute atomic E-state index is 9.55. The second-order valence-electron chi connectivity index (χ2n) is 5.06. The summed E-state index contributed by atoms with van der Waals surface area (Å²) in [4.78, 5) is 2.48. The number of rotatable bonds is 4. The van der Waals surface area contributed by atoms with Gasteiger partial charge in [-0.1, -0.05) is 0 Å². The van der Waals surface area contributed by atoms with Crippen molar-refractivity contribution >= 4 is 5.69 Å². The van der Waals surface area contributed by atoms with Crippen molar-refractivity contribution in [3.63, 3.8) is 0 Å². The van der Waals surface area contributed by atoms with Gasteiger partial charge in [-0.25, -0.2) is 0 Å². The Balaban J connectivity index is 2.24. The minimum absolute atomic E-state index is 0.377. The van der Waals surface area contributed by atoms with Crippen molar-refractivity contribution in [2.24, 2.45) is 0 Å². The highest BCUT2D eigenvalue weighted by Gasteiger charge is 2.30. The molecule has 0 amide bonds. The fourth-order valence-corrected chi connectivity index (χ4v) is 2.79.